The molecule has 0 unspecified atom stereocenters. The summed E-state index contributed by atoms with van der Waals surface area (Å²) in [5.74, 6) is 0. The molecule has 34 heavy (non-hydrogen) atoms. The molecule has 8 nitrogen and oxygen atoms in total. The van der Waals surface area contributed by atoms with Gasteiger partial charge >= 0.3 is 0 Å². The molecule has 3 aliphatic rings. The number of rotatable bonds is 7. The molecule has 0 radical (unpaired) electrons. The predicted octanol–water partition coefficient (Wildman–Crippen LogP) is 4.28. The van der Waals surface area contributed by atoms with Gasteiger partial charge in [0.1, 0.15) is 5.60 Å². The van der Waals surface area contributed by atoms with Crippen LogP contribution in [0.15, 0.2) is 47.9 Å². The minimum absolute atomic E-state index is 0.206. The Morgan fingerprint density at radius 2 is 1.97 bits per heavy atom. The number of aryl methyl sites for hydroxylation is 1. The second-order valence-corrected chi connectivity index (χ2v) is 9.59. The molecule has 1 aliphatic carbocycles. The number of anilines is 1. The van der Waals surface area contributed by atoms with Gasteiger partial charge in [0.2, 0.25) is 0 Å². The third-order valence-corrected chi connectivity index (χ3v) is 7.21. The number of hydrogen-bond donors (Lipinski definition) is 1. The number of fused-ring (bicyclic) bond motifs is 1. The summed E-state index contributed by atoms with van der Waals surface area (Å²) in [4.78, 5) is 10.8. The molecule has 8 heteroatoms. The highest BCUT2D eigenvalue weighted by Crippen LogP contribution is 2.46. The first kappa shape index (κ1) is 21.6. The zero-order chi connectivity index (χ0) is 23.0. The van der Waals surface area contributed by atoms with Crippen molar-refractivity contribution in [3.05, 3.63) is 53.9 Å². The lowest BCUT2D eigenvalue weighted by molar-refractivity contribution is -0.161. The van der Waals surface area contributed by atoms with Crippen LogP contribution in [0.5, 0.6) is 0 Å². The summed E-state index contributed by atoms with van der Waals surface area (Å²) in [6, 6.07) is 10.7. The standard InChI is InChI=1S/C26H31N5O3/c1-2-31-25-22(16-28-31)24(29-19-8-10-32-11-9-19)21(15-27-25)23-14-26(34-30-23)12-20(13-26)33-17-18-6-4-3-5-7-18/h3-7,15-16,19-20H,2,8-14,17H2,1H3,(H,27,29). The van der Waals surface area contributed by atoms with Gasteiger partial charge in [0, 0.05) is 56.8 Å². The Bertz CT molecular complexity index is 1180. The molecule has 1 saturated carbocycles. The smallest absolute Gasteiger partial charge is 0.159 e. The first-order valence-electron chi connectivity index (χ1n) is 12.3. The number of benzene rings is 1. The lowest BCUT2D eigenvalue weighted by Crippen LogP contribution is -2.48. The fourth-order valence-electron chi connectivity index (χ4n) is 5.24. The van der Waals surface area contributed by atoms with E-state index in [0.29, 0.717) is 12.6 Å². The summed E-state index contributed by atoms with van der Waals surface area (Å²) in [7, 11) is 0. The Balaban J connectivity index is 1.18. The van der Waals surface area contributed by atoms with Gasteiger partial charge in [0.15, 0.2) is 5.65 Å². The second-order valence-electron chi connectivity index (χ2n) is 9.59. The highest BCUT2D eigenvalue weighted by Gasteiger charge is 2.51. The van der Waals surface area contributed by atoms with Crippen molar-refractivity contribution in [1.29, 1.82) is 0 Å². The molecule has 2 aliphatic heterocycles. The van der Waals surface area contributed by atoms with Crippen molar-refractivity contribution < 1.29 is 14.3 Å². The molecule has 4 heterocycles. The number of nitrogens with zero attached hydrogens (tertiary/aromatic N) is 4. The summed E-state index contributed by atoms with van der Waals surface area (Å²) in [5.41, 5.74) is 4.87. The van der Waals surface area contributed by atoms with Gasteiger partial charge in [-0.3, -0.25) is 0 Å². The Kier molecular flexibility index (Phi) is 5.71. The van der Waals surface area contributed by atoms with Gasteiger partial charge in [0.05, 0.1) is 35.7 Å². The molecule has 3 aromatic rings. The predicted molar refractivity (Wildman–Crippen MR) is 130 cm³/mol. The van der Waals surface area contributed by atoms with E-state index >= 15 is 0 Å². The van der Waals surface area contributed by atoms with E-state index in [1.54, 1.807) is 0 Å². The zero-order valence-corrected chi connectivity index (χ0v) is 19.6. The van der Waals surface area contributed by atoms with Crippen LogP contribution in [0.4, 0.5) is 5.69 Å². The van der Waals surface area contributed by atoms with Crippen LogP contribution in [-0.4, -0.2) is 51.4 Å². The maximum atomic E-state index is 6.11. The van der Waals surface area contributed by atoms with Crippen molar-refractivity contribution in [2.45, 2.75) is 69.9 Å². The minimum atomic E-state index is -0.255. The van der Waals surface area contributed by atoms with Crippen molar-refractivity contribution >= 4 is 22.4 Å². The number of oxime groups is 1. The average molecular weight is 462 g/mol. The van der Waals surface area contributed by atoms with Gasteiger partial charge < -0.3 is 19.6 Å². The van der Waals surface area contributed by atoms with Gasteiger partial charge in [-0.1, -0.05) is 35.5 Å². The van der Waals surface area contributed by atoms with Gasteiger partial charge in [-0.05, 0) is 25.3 Å². The summed E-state index contributed by atoms with van der Waals surface area (Å²) in [6.45, 7) is 5.07. The van der Waals surface area contributed by atoms with Crippen molar-refractivity contribution in [3.63, 3.8) is 0 Å². The molecule has 0 bridgehead atoms. The van der Waals surface area contributed by atoms with E-state index < -0.39 is 0 Å². The average Bonchev–Trinajstić information content (AvgIpc) is 3.49. The summed E-state index contributed by atoms with van der Waals surface area (Å²) in [6.07, 6.45) is 8.52. The molecule has 2 aromatic heterocycles. The lowest BCUT2D eigenvalue weighted by Gasteiger charge is -2.42. The third kappa shape index (κ3) is 4.05. The number of aromatic nitrogens is 3. The quantitative estimate of drug-likeness (QED) is 0.565. The van der Waals surface area contributed by atoms with E-state index in [2.05, 4.69) is 34.6 Å². The zero-order valence-electron chi connectivity index (χ0n) is 19.6. The Morgan fingerprint density at radius 3 is 2.76 bits per heavy atom. The van der Waals surface area contributed by atoms with Crippen molar-refractivity contribution in [2.24, 2.45) is 5.16 Å². The van der Waals surface area contributed by atoms with Crippen LogP contribution in [0.1, 0.15) is 50.2 Å². The maximum absolute atomic E-state index is 6.11. The van der Waals surface area contributed by atoms with Crippen LogP contribution >= 0.6 is 0 Å². The molecule has 1 saturated heterocycles. The molecule has 1 spiro atoms. The molecule has 0 atom stereocenters. The molecular formula is C26H31N5O3. The van der Waals surface area contributed by atoms with E-state index in [9.17, 15) is 0 Å². The molecule has 0 amide bonds. The molecule has 178 valence electrons. The SMILES string of the molecule is CCn1ncc2c(NC3CCOCC3)c(C3=NOC4(C3)CC(OCc3ccccc3)C4)cnc21. The number of hydrogen-bond acceptors (Lipinski definition) is 7. The monoisotopic (exact) mass is 461 g/mol. The second kappa shape index (κ2) is 9.00. The van der Waals surface area contributed by atoms with Crippen LogP contribution in [-0.2, 0) is 27.5 Å². The highest BCUT2D eigenvalue weighted by molar-refractivity contribution is 6.10. The molecule has 2 fully saturated rings. The fourth-order valence-corrected chi connectivity index (χ4v) is 5.24. The van der Waals surface area contributed by atoms with Crippen LogP contribution in [0.2, 0.25) is 0 Å². The van der Waals surface area contributed by atoms with Crippen molar-refractivity contribution in [1.82, 2.24) is 14.8 Å². The number of nitrogens with one attached hydrogen (secondary N) is 1. The summed E-state index contributed by atoms with van der Waals surface area (Å²) in [5, 5.41) is 13.9. The van der Waals surface area contributed by atoms with Gasteiger partial charge in [-0.2, -0.15) is 5.10 Å². The van der Waals surface area contributed by atoms with Crippen LogP contribution < -0.4 is 5.32 Å². The molecule has 1 aromatic carbocycles. The van der Waals surface area contributed by atoms with E-state index in [1.807, 2.05) is 35.3 Å². The highest BCUT2D eigenvalue weighted by atomic mass is 16.7. The normalized spacial score (nSPS) is 24.7. The summed E-state index contributed by atoms with van der Waals surface area (Å²) >= 11 is 0. The molecule has 1 N–H and O–H groups in total. The fraction of sp³-hybridized carbons (Fsp3) is 0.500. The number of pyridine rings is 1. The molecule has 6 rings (SSSR count). The number of ether oxygens (including phenoxy) is 2. The lowest BCUT2D eigenvalue weighted by atomic mass is 9.74. The Morgan fingerprint density at radius 1 is 1.15 bits per heavy atom. The maximum Gasteiger partial charge on any atom is 0.159 e. The van der Waals surface area contributed by atoms with Crippen LogP contribution in [0.3, 0.4) is 0 Å². The first-order valence-corrected chi connectivity index (χ1v) is 12.3. The van der Waals surface area contributed by atoms with E-state index in [1.165, 1.54) is 5.56 Å². The van der Waals surface area contributed by atoms with Gasteiger partial charge in [0.25, 0.3) is 0 Å². The van der Waals surface area contributed by atoms with Crippen LogP contribution in [0.25, 0.3) is 11.0 Å². The third-order valence-electron chi connectivity index (χ3n) is 7.21. The van der Waals surface area contributed by atoms with Crippen LogP contribution in [0, 0.1) is 0 Å². The topological polar surface area (TPSA) is 82.8 Å². The van der Waals surface area contributed by atoms with Gasteiger partial charge in [-0.15, -0.1) is 0 Å². The van der Waals surface area contributed by atoms with Crippen molar-refractivity contribution in [2.75, 3.05) is 18.5 Å². The first-order chi connectivity index (χ1) is 16.7. The van der Waals surface area contributed by atoms with E-state index in [0.717, 1.165) is 79.9 Å². The summed E-state index contributed by atoms with van der Waals surface area (Å²) < 4.78 is 13.6. The van der Waals surface area contributed by atoms with E-state index in [-0.39, 0.29) is 11.7 Å². The largest absolute Gasteiger partial charge is 0.388 e. The van der Waals surface area contributed by atoms with E-state index in [4.69, 9.17) is 19.3 Å². The Hall–Kier alpha value is -2.97. The minimum Gasteiger partial charge on any atom is -0.388 e. The van der Waals surface area contributed by atoms with Gasteiger partial charge in [-0.25, -0.2) is 9.67 Å². The Labute approximate surface area is 199 Å². The van der Waals surface area contributed by atoms with Crippen molar-refractivity contribution in [3.8, 4) is 0 Å². The molecular weight excluding hydrogens is 430 g/mol.